The van der Waals surface area contributed by atoms with E-state index in [1.54, 1.807) is 0 Å². The number of aliphatic hydroxyl groups is 6. The van der Waals surface area contributed by atoms with Gasteiger partial charge in [-0.15, -0.1) is 0 Å². The second-order valence-corrected chi connectivity index (χ2v) is 3.21. The van der Waals surface area contributed by atoms with E-state index in [0.717, 1.165) is 0 Å². The zero-order valence-electron chi connectivity index (χ0n) is 7.26. The normalized spacial score (nSPS) is 46.3. The van der Waals surface area contributed by atoms with Crippen LogP contribution in [0.3, 0.4) is 0 Å². The van der Waals surface area contributed by atoms with Crippen molar-refractivity contribution in [2.24, 2.45) is 0 Å². The minimum absolute atomic E-state index is 0.683. The number of ether oxygens (including phenoxy) is 1. The number of rotatable bonds is 2. The quantitative estimate of drug-likeness (QED) is 0.275. The van der Waals surface area contributed by atoms with Gasteiger partial charge < -0.3 is 35.4 Å². The van der Waals surface area contributed by atoms with Crippen LogP contribution < -0.4 is 0 Å². The van der Waals surface area contributed by atoms with Crippen molar-refractivity contribution < 1.29 is 35.4 Å². The molecule has 1 aliphatic rings. The lowest BCUT2D eigenvalue weighted by atomic mass is 9.96. The molecule has 84 valence electrons. The smallest absolute Gasteiger partial charge is 0.184 e. The van der Waals surface area contributed by atoms with Crippen molar-refractivity contribution >= 4 is 0 Å². The third kappa shape index (κ3) is 2.04. The molecule has 0 aromatic carbocycles. The fourth-order valence-electron chi connectivity index (χ4n) is 1.31. The molecule has 0 radical (unpaired) electrons. The molecule has 0 aromatic heterocycles. The van der Waals surface area contributed by atoms with E-state index in [-0.39, 0.29) is 0 Å². The Kier molecular flexibility index (Phi) is 3.78. The summed E-state index contributed by atoms with van der Waals surface area (Å²) in [4.78, 5) is 0. The largest absolute Gasteiger partial charge is 0.394 e. The van der Waals surface area contributed by atoms with Crippen LogP contribution in [0.15, 0.2) is 0 Å². The van der Waals surface area contributed by atoms with Gasteiger partial charge >= 0.3 is 0 Å². The van der Waals surface area contributed by atoms with Gasteiger partial charge in [-0.2, -0.15) is 0 Å². The summed E-state index contributed by atoms with van der Waals surface area (Å²) in [7, 11) is 0. The summed E-state index contributed by atoms with van der Waals surface area (Å²) in [5, 5.41) is 54.3. The fraction of sp³-hybridized carbons (Fsp3) is 1.00. The highest BCUT2D eigenvalue weighted by Gasteiger charge is 2.45. The number of hydrogen-bond acceptors (Lipinski definition) is 7. The standard InChI is InChI=1S/C7H14O7/c8-1-2(9)6-4(11)3(10)5(12)7(13)14-6/h2-13H,1H2/t2-,3+,4-,5-,6+,7?/m1/s1. The Hall–Kier alpha value is -0.280. The molecular weight excluding hydrogens is 196 g/mol. The Balaban J connectivity index is 2.70. The molecule has 1 fully saturated rings. The van der Waals surface area contributed by atoms with Crippen molar-refractivity contribution in [3.63, 3.8) is 0 Å². The molecule has 0 aliphatic carbocycles. The second-order valence-electron chi connectivity index (χ2n) is 3.21. The molecule has 1 heterocycles. The second kappa shape index (κ2) is 4.49. The van der Waals surface area contributed by atoms with Crippen molar-refractivity contribution in [2.45, 2.75) is 36.8 Å². The van der Waals surface area contributed by atoms with Crippen LogP contribution >= 0.6 is 0 Å². The van der Waals surface area contributed by atoms with E-state index in [1.165, 1.54) is 0 Å². The summed E-state index contributed by atoms with van der Waals surface area (Å²) < 4.78 is 4.62. The lowest BCUT2D eigenvalue weighted by Crippen LogP contribution is -2.61. The molecule has 6 N–H and O–H groups in total. The summed E-state index contributed by atoms with van der Waals surface area (Å²) in [5.74, 6) is 0. The van der Waals surface area contributed by atoms with Gasteiger partial charge in [0.1, 0.15) is 30.5 Å². The molecule has 1 saturated heterocycles. The molecule has 1 aliphatic heterocycles. The van der Waals surface area contributed by atoms with Crippen LogP contribution in [0.1, 0.15) is 0 Å². The Bertz CT molecular complexity index is 187. The predicted molar refractivity (Wildman–Crippen MR) is 42.0 cm³/mol. The summed E-state index contributed by atoms with van der Waals surface area (Å²) >= 11 is 0. The van der Waals surface area contributed by atoms with Crippen LogP contribution in [-0.4, -0.2) is 74.1 Å². The summed E-state index contributed by atoms with van der Waals surface area (Å²) in [5.41, 5.74) is 0. The van der Waals surface area contributed by atoms with E-state index in [0.29, 0.717) is 0 Å². The highest BCUT2D eigenvalue weighted by molar-refractivity contribution is 4.91. The molecule has 0 saturated carbocycles. The predicted octanol–water partition coefficient (Wildman–Crippen LogP) is -3.86. The van der Waals surface area contributed by atoms with Gasteiger partial charge in [-0.3, -0.25) is 0 Å². The van der Waals surface area contributed by atoms with E-state index in [4.69, 9.17) is 20.4 Å². The van der Waals surface area contributed by atoms with Crippen LogP contribution in [0.5, 0.6) is 0 Å². The van der Waals surface area contributed by atoms with Crippen molar-refractivity contribution in [1.82, 2.24) is 0 Å². The number of aliphatic hydroxyl groups excluding tert-OH is 6. The molecule has 1 unspecified atom stereocenters. The van der Waals surface area contributed by atoms with Crippen LogP contribution in [0.25, 0.3) is 0 Å². The van der Waals surface area contributed by atoms with Crippen LogP contribution in [0, 0.1) is 0 Å². The monoisotopic (exact) mass is 210 g/mol. The average molecular weight is 210 g/mol. The highest BCUT2D eigenvalue weighted by atomic mass is 16.6. The summed E-state index contributed by atoms with van der Waals surface area (Å²) in [6.07, 6.45) is -9.26. The van der Waals surface area contributed by atoms with Gasteiger partial charge in [0.05, 0.1) is 6.61 Å². The third-order valence-corrected chi connectivity index (χ3v) is 2.19. The lowest BCUT2D eigenvalue weighted by molar-refractivity contribution is -0.298. The first-order valence-electron chi connectivity index (χ1n) is 4.15. The van der Waals surface area contributed by atoms with E-state index in [9.17, 15) is 10.2 Å². The summed E-state index contributed by atoms with van der Waals surface area (Å²) in [6, 6.07) is 0. The van der Waals surface area contributed by atoms with Crippen LogP contribution in [0.4, 0.5) is 0 Å². The van der Waals surface area contributed by atoms with Gasteiger partial charge in [-0.1, -0.05) is 0 Å². The molecule has 7 nitrogen and oxygen atoms in total. The van der Waals surface area contributed by atoms with E-state index < -0.39 is 43.4 Å². The van der Waals surface area contributed by atoms with Gasteiger partial charge in [0.2, 0.25) is 0 Å². The molecule has 6 atom stereocenters. The molecule has 14 heavy (non-hydrogen) atoms. The maximum Gasteiger partial charge on any atom is 0.184 e. The SMILES string of the molecule is OC[C@@H](O)[C@@H]1OC(O)[C@H](O)[C@@H](O)[C@H]1O. The first kappa shape index (κ1) is 11.8. The Morgan fingerprint density at radius 1 is 1.00 bits per heavy atom. The zero-order valence-corrected chi connectivity index (χ0v) is 7.26. The van der Waals surface area contributed by atoms with Gasteiger partial charge in [-0.25, -0.2) is 0 Å². The highest BCUT2D eigenvalue weighted by Crippen LogP contribution is 2.21. The van der Waals surface area contributed by atoms with Gasteiger partial charge in [0.15, 0.2) is 6.29 Å². The molecule has 0 bridgehead atoms. The molecule has 0 aromatic rings. The maximum atomic E-state index is 9.31. The fourth-order valence-corrected chi connectivity index (χ4v) is 1.31. The zero-order chi connectivity index (χ0) is 10.9. The van der Waals surface area contributed by atoms with Gasteiger partial charge in [0.25, 0.3) is 0 Å². The van der Waals surface area contributed by atoms with E-state index in [1.807, 2.05) is 0 Å². The third-order valence-electron chi connectivity index (χ3n) is 2.19. The summed E-state index contributed by atoms with van der Waals surface area (Å²) in [6.45, 7) is -0.683. The van der Waals surface area contributed by atoms with Crippen LogP contribution in [0.2, 0.25) is 0 Å². The Labute approximate surface area is 79.8 Å². The van der Waals surface area contributed by atoms with Gasteiger partial charge in [-0.05, 0) is 0 Å². The average Bonchev–Trinajstić information content (AvgIpc) is 2.19. The molecular formula is C7H14O7. The van der Waals surface area contributed by atoms with Crippen molar-refractivity contribution in [3.05, 3.63) is 0 Å². The number of hydrogen-bond donors (Lipinski definition) is 6. The Morgan fingerprint density at radius 3 is 2.07 bits per heavy atom. The van der Waals surface area contributed by atoms with Crippen molar-refractivity contribution in [3.8, 4) is 0 Å². The van der Waals surface area contributed by atoms with Crippen molar-refractivity contribution in [1.29, 1.82) is 0 Å². The Morgan fingerprint density at radius 2 is 1.57 bits per heavy atom. The van der Waals surface area contributed by atoms with Crippen molar-refractivity contribution in [2.75, 3.05) is 6.61 Å². The van der Waals surface area contributed by atoms with Gasteiger partial charge in [0, 0.05) is 0 Å². The minimum atomic E-state index is -1.69. The maximum absolute atomic E-state index is 9.31. The minimum Gasteiger partial charge on any atom is -0.394 e. The van der Waals surface area contributed by atoms with E-state index >= 15 is 0 Å². The molecule has 1 rings (SSSR count). The lowest BCUT2D eigenvalue weighted by Gasteiger charge is -2.39. The first-order chi connectivity index (χ1) is 6.49. The topological polar surface area (TPSA) is 131 Å². The van der Waals surface area contributed by atoms with Crippen LogP contribution in [-0.2, 0) is 4.74 Å². The molecule has 0 spiro atoms. The molecule has 0 amide bonds. The first-order valence-corrected chi connectivity index (χ1v) is 4.15. The van der Waals surface area contributed by atoms with E-state index in [2.05, 4.69) is 4.74 Å². The molecule has 7 heteroatoms.